The lowest BCUT2D eigenvalue weighted by Crippen LogP contribution is -2.47. The minimum absolute atomic E-state index is 0.00821. The van der Waals surface area contributed by atoms with Gasteiger partial charge in [-0.1, -0.05) is 0 Å². The molecule has 0 aliphatic carbocycles. The van der Waals surface area contributed by atoms with E-state index in [1.54, 1.807) is 30.9 Å². The zero-order valence-electron chi connectivity index (χ0n) is 16.4. The van der Waals surface area contributed by atoms with Crippen molar-refractivity contribution in [2.24, 2.45) is 0 Å². The summed E-state index contributed by atoms with van der Waals surface area (Å²) in [5.74, 6) is -1.14. The quantitative estimate of drug-likeness (QED) is 0.682. The Kier molecular flexibility index (Phi) is 6.70. The second-order valence-electron chi connectivity index (χ2n) is 6.92. The van der Waals surface area contributed by atoms with Gasteiger partial charge >= 0.3 is 5.97 Å². The van der Waals surface area contributed by atoms with E-state index in [0.29, 0.717) is 15.6 Å². The summed E-state index contributed by atoms with van der Waals surface area (Å²) in [7, 11) is 0. The summed E-state index contributed by atoms with van der Waals surface area (Å²) in [5.41, 5.74) is 1.24. The average molecular weight is 392 g/mol. The Labute approximate surface area is 163 Å². The summed E-state index contributed by atoms with van der Waals surface area (Å²) >= 11 is 1.17. The van der Waals surface area contributed by atoms with Crippen LogP contribution in [-0.4, -0.2) is 39.9 Å². The number of esters is 1. The second-order valence-corrected chi connectivity index (χ2v) is 7.92. The molecule has 1 atom stereocenters. The van der Waals surface area contributed by atoms with Crippen LogP contribution in [0.15, 0.2) is 24.3 Å². The number of ether oxygens (including phenoxy) is 1. The summed E-state index contributed by atoms with van der Waals surface area (Å²) in [4.78, 5) is 31.6. The molecule has 1 aromatic heterocycles. The molecule has 0 saturated heterocycles. The third kappa shape index (κ3) is 4.91. The van der Waals surface area contributed by atoms with E-state index in [1.807, 2.05) is 27.7 Å². The van der Waals surface area contributed by atoms with Crippen LogP contribution in [0.5, 0.6) is 0 Å². The van der Waals surface area contributed by atoms with Crippen molar-refractivity contribution in [1.82, 2.24) is 9.88 Å². The smallest absolute Gasteiger partial charge is 0.351 e. The zero-order chi connectivity index (χ0) is 20.3. The lowest BCUT2D eigenvalue weighted by molar-refractivity contribution is -0.143. The van der Waals surface area contributed by atoms with Crippen LogP contribution in [0.1, 0.15) is 50.0 Å². The van der Waals surface area contributed by atoms with Gasteiger partial charge in [0.25, 0.3) is 5.91 Å². The fraction of sp³-hybridized carbons (Fsp3) is 0.450. The minimum Gasteiger partial charge on any atom is -0.448 e. The molecular formula is C20H25FN2O3S. The third-order valence-electron chi connectivity index (χ3n) is 4.07. The number of rotatable bonds is 6. The fourth-order valence-corrected chi connectivity index (χ4v) is 3.84. The summed E-state index contributed by atoms with van der Waals surface area (Å²) < 4.78 is 18.5. The van der Waals surface area contributed by atoms with E-state index in [9.17, 15) is 14.0 Å². The largest absolute Gasteiger partial charge is 0.448 e. The number of hydrogen-bond donors (Lipinski definition) is 0. The molecule has 0 N–H and O–H groups in total. The van der Waals surface area contributed by atoms with Gasteiger partial charge in [0.05, 0.1) is 5.69 Å². The van der Waals surface area contributed by atoms with Crippen LogP contribution in [0.25, 0.3) is 10.6 Å². The molecule has 1 heterocycles. The van der Waals surface area contributed by atoms with E-state index in [0.717, 1.165) is 5.56 Å². The number of benzene rings is 1. The van der Waals surface area contributed by atoms with Crippen molar-refractivity contribution in [3.05, 3.63) is 40.7 Å². The Morgan fingerprint density at radius 1 is 1.07 bits per heavy atom. The minimum atomic E-state index is -0.891. The van der Waals surface area contributed by atoms with Gasteiger partial charge in [-0.25, -0.2) is 14.2 Å². The molecule has 0 aliphatic rings. The van der Waals surface area contributed by atoms with E-state index in [4.69, 9.17) is 4.74 Å². The maximum absolute atomic E-state index is 13.1. The van der Waals surface area contributed by atoms with Gasteiger partial charge in [0.1, 0.15) is 15.7 Å². The molecular weight excluding hydrogens is 367 g/mol. The molecule has 1 aromatic carbocycles. The van der Waals surface area contributed by atoms with Crippen LogP contribution in [-0.2, 0) is 9.53 Å². The van der Waals surface area contributed by atoms with Crippen molar-refractivity contribution >= 4 is 23.2 Å². The highest BCUT2D eigenvalue weighted by Gasteiger charge is 2.29. The van der Waals surface area contributed by atoms with Gasteiger partial charge in [-0.3, -0.25) is 4.79 Å². The number of amides is 1. The van der Waals surface area contributed by atoms with E-state index >= 15 is 0 Å². The Balaban J connectivity index is 2.16. The number of carbonyl (C=O) groups excluding carboxylic acids is 2. The molecule has 0 fully saturated rings. The molecule has 0 spiro atoms. The van der Waals surface area contributed by atoms with E-state index in [1.165, 1.54) is 23.5 Å². The Hall–Kier alpha value is -2.28. The summed E-state index contributed by atoms with van der Waals surface area (Å²) in [5, 5.41) is 0.601. The van der Waals surface area contributed by atoms with E-state index < -0.39 is 12.1 Å². The van der Waals surface area contributed by atoms with Gasteiger partial charge in [0, 0.05) is 17.6 Å². The molecule has 0 bridgehead atoms. The molecule has 0 aliphatic heterocycles. The molecule has 7 heteroatoms. The number of thiazole rings is 1. The van der Waals surface area contributed by atoms with Crippen LogP contribution in [0.2, 0.25) is 0 Å². The van der Waals surface area contributed by atoms with Gasteiger partial charge in [-0.15, -0.1) is 11.3 Å². The van der Waals surface area contributed by atoms with Gasteiger partial charge in [0.15, 0.2) is 6.10 Å². The molecule has 2 rings (SSSR count). The maximum atomic E-state index is 13.1. The van der Waals surface area contributed by atoms with Crippen LogP contribution in [0.4, 0.5) is 4.39 Å². The van der Waals surface area contributed by atoms with Crippen molar-refractivity contribution in [2.45, 2.75) is 59.7 Å². The Bertz CT molecular complexity index is 807. The molecule has 27 heavy (non-hydrogen) atoms. The average Bonchev–Trinajstić information content (AvgIpc) is 2.96. The van der Waals surface area contributed by atoms with Crippen molar-refractivity contribution in [3.63, 3.8) is 0 Å². The summed E-state index contributed by atoms with van der Waals surface area (Å²) in [6.45, 7) is 11.0. The number of nitrogens with zero attached hydrogens (tertiary/aromatic N) is 2. The van der Waals surface area contributed by atoms with Gasteiger partial charge in [-0.05, 0) is 65.8 Å². The van der Waals surface area contributed by atoms with Crippen LogP contribution >= 0.6 is 11.3 Å². The summed E-state index contributed by atoms with van der Waals surface area (Å²) in [6, 6.07) is 5.92. The molecule has 0 radical (unpaired) electrons. The van der Waals surface area contributed by atoms with Crippen molar-refractivity contribution in [2.75, 3.05) is 0 Å². The lowest BCUT2D eigenvalue weighted by atomic mass is 10.2. The summed E-state index contributed by atoms with van der Waals surface area (Å²) in [6.07, 6.45) is -0.891. The third-order valence-corrected chi connectivity index (χ3v) is 5.26. The maximum Gasteiger partial charge on any atom is 0.351 e. The first kappa shape index (κ1) is 21.0. The van der Waals surface area contributed by atoms with Crippen LogP contribution in [0, 0.1) is 12.7 Å². The number of carbonyl (C=O) groups is 2. The number of aromatic nitrogens is 1. The van der Waals surface area contributed by atoms with E-state index in [-0.39, 0.29) is 23.8 Å². The van der Waals surface area contributed by atoms with Gasteiger partial charge in [0.2, 0.25) is 0 Å². The number of halogens is 1. The molecule has 5 nitrogen and oxygen atoms in total. The molecule has 2 aromatic rings. The highest BCUT2D eigenvalue weighted by Crippen LogP contribution is 2.29. The van der Waals surface area contributed by atoms with Crippen LogP contribution in [0.3, 0.4) is 0 Å². The topological polar surface area (TPSA) is 59.5 Å². The molecule has 146 valence electrons. The second kappa shape index (κ2) is 8.61. The monoisotopic (exact) mass is 392 g/mol. The number of hydrogen-bond acceptors (Lipinski definition) is 5. The highest BCUT2D eigenvalue weighted by molar-refractivity contribution is 7.17. The standard InChI is InChI=1S/C20H25FN2O3S/c1-11(2)23(12(3)4)19(24)14(6)26-20(25)17-13(5)22-18(27-17)15-7-9-16(21)10-8-15/h7-12,14H,1-6H3/t14-/m1/s1. The van der Waals surface area contributed by atoms with Crippen molar-refractivity contribution in [1.29, 1.82) is 0 Å². The lowest BCUT2D eigenvalue weighted by Gasteiger charge is -2.32. The SMILES string of the molecule is Cc1nc(-c2ccc(F)cc2)sc1C(=O)O[C@H](C)C(=O)N(C(C)C)C(C)C. The van der Waals surface area contributed by atoms with Crippen LogP contribution < -0.4 is 0 Å². The normalized spacial score (nSPS) is 12.3. The first-order valence-corrected chi connectivity index (χ1v) is 9.70. The van der Waals surface area contributed by atoms with E-state index in [2.05, 4.69) is 4.98 Å². The number of aryl methyl sites for hydroxylation is 1. The Morgan fingerprint density at radius 2 is 1.63 bits per heavy atom. The predicted octanol–water partition coefficient (Wildman–Crippen LogP) is 4.45. The highest BCUT2D eigenvalue weighted by atomic mass is 32.1. The molecule has 0 saturated carbocycles. The predicted molar refractivity (Wildman–Crippen MR) is 104 cm³/mol. The van der Waals surface area contributed by atoms with Gasteiger partial charge < -0.3 is 9.64 Å². The molecule has 0 unspecified atom stereocenters. The zero-order valence-corrected chi connectivity index (χ0v) is 17.3. The molecule has 1 amide bonds. The van der Waals surface area contributed by atoms with Gasteiger partial charge in [-0.2, -0.15) is 0 Å². The van der Waals surface area contributed by atoms with Crippen molar-refractivity contribution < 1.29 is 18.7 Å². The van der Waals surface area contributed by atoms with Crippen molar-refractivity contribution in [3.8, 4) is 10.6 Å². The first-order valence-electron chi connectivity index (χ1n) is 8.88. The first-order chi connectivity index (χ1) is 12.6. The Morgan fingerprint density at radius 3 is 2.15 bits per heavy atom. The fourth-order valence-electron chi connectivity index (χ4n) is 2.88.